The van der Waals surface area contributed by atoms with Crippen molar-refractivity contribution < 1.29 is 9.50 Å². The molecule has 0 radical (unpaired) electrons. The highest BCUT2D eigenvalue weighted by molar-refractivity contribution is 5.99. The van der Waals surface area contributed by atoms with Gasteiger partial charge < -0.3 is 15.4 Å². The first kappa shape index (κ1) is 24.6. The third kappa shape index (κ3) is 4.90. The molecule has 0 aliphatic carbocycles. The molecule has 0 saturated carbocycles. The molecule has 1 atom stereocenters. The van der Waals surface area contributed by atoms with E-state index in [9.17, 15) is 9.50 Å². The fourth-order valence-electron chi connectivity index (χ4n) is 5.05. The lowest BCUT2D eigenvalue weighted by molar-refractivity contribution is 0.204. The second kappa shape index (κ2) is 10.3. The van der Waals surface area contributed by atoms with E-state index in [-0.39, 0.29) is 5.82 Å². The van der Waals surface area contributed by atoms with Gasteiger partial charge in [-0.2, -0.15) is 5.10 Å². The van der Waals surface area contributed by atoms with Gasteiger partial charge in [-0.25, -0.2) is 14.4 Å². The highest BCUT2D eigenvalue weighted by Crippen LogP contribution is 2.33. The molecule has 41 heavy (non-hydrogen) atoms. The minimum Gasteiger partial charge on any atom is -0.373 e. The summed E-state index contributed by atoms with van der Waals surface area (Å²) < 4.78 is 13.9. The van der Waals surface area contributed by atoms with Crippen molar-refractivity contribution in [3.05, 3.63) is 115 Å². The van der Waals surface area contributed by atoms with Crippen molar-refractivity contribution in [2.45, 2.75) is 12.6 Å². The molecule has 9 heteroatoms. The zero-order valence-electron chi connectivity index (χ0n) is 21.7. The third-order valence-corrected chi connectivity index (χ3v) is 6.97. The molecule has 4 N–H and O–H groups in total. The molecule has 0 spiro atoms. The Hall–Kier alpha value is -5.41. The standard InChI is InChI=1S/C32H24FN7O/c33-22-8-4-7-20(14-22)24-11-12-35-32-25(24)16-28(38-32)31-30-27(39-40-31)10-9-26(37-30)21-15-23(18-34-17-21)36-29(41)13-19-5-2-1-3-6-19/h1-12,14-18,29,36,41H,13H2,(H,35,38)(H,39,40). The van der Waals surface area contributed by atoms with Crippen molar-refractivity contribution in [3.8, 4) is 33.8 Å². The Morgan fingerprint density at radius 1 is 0.902 bits per heavy atom. The molecule has 200 valence electrons. The van der Waals surface area contributed by atoms with Crippen molar-refractivity contribution in [1.82, 2.24) is 30.1 Å². The molecule has 0 aliphatic heterocycles. The van der Waals surface area contributed by atoms with Crippen LogP contribution in [-0.4, -0.2) is 41.5 Å². The molecule has 0 fully saturated rings. The van der Waals surface area contributed by atoms with Gasteiger partial charge in [0.05, 0.1) is 28.8 Å². The zero-order chi connectivity index (χ0) is 27.8. The highest BCUT2D eigenvalue weighted by Gasteiger charge is 2.16. The maximum Gasteiger partial charge on any atom is 0.138 e. The summed E-state index contributed by atoms with van der Waals surface area (Å²) in [6.45, 7) is 0. The number of anilines is 1. The molecular formula is C32H24FN7O. The number of benzene rings is 2. The number of aliphatic hydroxyl groups is 1. The summed E-state index contributed by atoms with van der Waals surface area (Å²) in [7, 11) is 0. The van der Waals surface area contributed by atoms with E-state index in [1.54, 1.807) is 24.7 Å². The van der Waals surface area contributed by atoms with Crippen molar-refractivity contribution in [2.75, 3.05) is 5.32 Å². The number of aliphatic hydroxyl groups excluding tert-OH is 1. The molecule has 7 rings (SSSR count). The molecule has 0 bridgehead atoms. The number of hydrogen-bond donors (Lipinski definition) is 4. The van der Waals surface area contributed by atoms with Crippen LogP contribution >= 0.6 is 0 Å². The predicted molar refractivity (Wildman–Crippen MR) is 157 cm³/mol. The van der Waals surface area contributed by atoms with Gasteiger partial charge in [-0.15, -0.1) is 0 Å². The Labute approximate surface area is 234 Å². The summed E-state index contributed by atoms with van der Waals surface area (Å²) in [6.07, 6.45) is 4.81. The molecule has 1 unspecified atom stereocenters. The van der Waals surface area contributed by atoms with E-state index in [0.717, 1.165) is 38.9 Å². The lowest BCUT2D eigenvalue weighted by Crippen LogP contribution is -2.21. The number of nitrogens with zero attached hydrogens (tertiary/aromatic N) is 4. The van der Waals surface area contributed by atoms with Crippen LogP contribution in [0.1, 0.15) is 5.56 Å². The molecule has 2 aromatic carbocycles. The molecule has 0 amide bonds. The van der Waals surface area contributed by atoms with Crippen molar-refractivity contribution in [1.29, 1.82) is 0 Å². The summed E-state index contributed by atoms with van der Waals surface area (Å²) in [5.74, 6) is -0.294. The topological polar surface area (TPSA) is 115 Å². The molecule has 7 aromatic rings. The number of aromatic amines is 2. The minimum absolute atomic E-state index is 0.294. The Balaban J connectivity index is 1.21. The van der Waals surface area contributed by atoms with E-state index >= 15 is 0 Å². The first-order valence-corrected chi connectivity index (χ1v) is 13.1. The summed E-state index contributed by atoms with van der Waals surface area (Å²) in [5.41, 5.74) is 8.39. The van der Waals surface area contributed by atoms with Crippen molar-refractivity contribution in [3.63, 3.8) is 0 Å². The van der Waals surface area contributed by atoms with Crippen LogP contribution in [0.25, 0.3) is 55.8 Å². The maximum atomic E-state index is 13.9. The number of halogens is 1. The lowest BCUT2D eigenvalue weighted by Gasteiger charge is -2.14. The SMILES string of the molecule is OC(Cc1ccccc1)Nc1cncc(-c2ccc3[nH]nc(-c4cc5c(-c6cccc(F)c6)ccnc5[nH]4)c3n2)c1. The Kier molecular flexibility index (Phi) is 6.18. The smallest absolute Gasteiger partial charge is 0.138 e. The van der Waals surface area contributed by atoms with Crippen LogP contribution in [-0.2, 0) is 6.42 Å². The average molecular weight is 542 g/mol. The Morgan fingerprint density at radius 2 is 1.80 bits per heavy atom. The van der Waals surface area contributed by atoms with E-state index in [2.05, 4.69) is 30.5 Å². The molecule has 0 aliphatic rings. The van der Waals surface area contributed by atoms with Gasteiger partial charge in [-0.3, -0.25) is 10.1 Å². The van der Waals surface area contributed by atoms with Gasteiger partial charge >= 0.3 is 0 Å². The van der Waals surface area contributed by atoms with Gasteiger partial charge in [-0.05, 0) is 59.2 Å². The van der Waals surface area contributed by atoms with E-state index in [4.69, 9.17) is 4.98 Å². The molecule has 8 nitrogen and oxygen atoms in total. The quantitative estimate of drug-likeness (QED) is 0.175. The normalized spacial score (nSPS) is 12.1. The van der Waals surface area contributed by atoms with Crippen LogP contribution < -0.4 is 5.32 Å². The average Bonchev–Trinajstić information content (AvgIpc) is 3.61. The Bertz CT molecular complexity index is 2000. The third-order valence-electron chi connectivity index (χ3n) is 6.97. The van der Waals surface area contributed by atoms with E-state index < -0.39 is 6.23 Å². The Morgan fingerprint density at radius 3 is 2.68 bits per heavy atom. The minimum atomic E-state index is -0.766. The van der Waals surface area contributed by atoms with Gasteiger partial charge in [0.15, 0.2) is 0 Å². The number of rotatable bonds is 7. The molecule has 0 saturated heterocycles. The summed E-state index contributed by atoms with van der Waals surface area (Å²) in [4.78, 5) is 17.1. The second-order valence-corrected chi connectivity index (χ2v) is 9.79. The summed E-state index contributed by atoms with van der Waals surface area (Å²) in [5, 5.41) is 22.1. The summed E-state index contributed by atoms with van der Waals surface area (Å²) >= 11 is 0. The van der Waals surface area contributed by atoms with Gasteiger partial charge in [0.25, 0.3) is 0 Å². The zero-order valence-corrected chi connectivity index (χ0v) is 21.7. The van der Waals surface area contributed by atoms with Gasteiger partial charge in [0.1, 0.15) is 28.9 Å². The van der Waals surface area contributed by atoms with Crippen molar-refractivity contribution in [2.24, 2.45) is 0 Å². The van der Waals surface area contributed by atoms with Gasteiger partial charge in [0.2, 0.25) is 0 Å². The van der Waals surface area contributed by atoms with E-state index in [0.29, 0.717) is 34.7 Å². The van der Waals surface area contributed by atoms with Crippen LogP contribution in [0.15, 0.2) is 104 Å². The van der Waals surface area contributed by atoms with Crippen LogP contribution in [0.4, 0.5) is 10.1 Å². The summed E-state index contributed by atoms with van der Waals surface area (Å²) in [6, 6.07) is 25.9. The number of nitrogens with one attached hydrogen (secondary N) is 3. The first-order chi connectivity index (χ1) is 20.1. The fraction of sp³-hybridized carbons (Fsp3) is 0.0625. The van der Waals surface area contributed by atoms with E-state index in [1.807, 2.05) is 66.7 Å². The van der Waals surface area contributed by atoms with Crippen molar-refractivity contribution >= 4 is 27.8 Å². The lowest BCUT2D eigenvalue weighted by atomic mass is 10.0. The largest absolute Gasteiger partial charge is 0.373 e. The van der Waals surface area contributed by atoms with Gasteiger partial charge in [-0.1, -0.05) is 42.5 Å². The van der Waals surface area contributed by atoms with Gasteiger partial charge in [0, 0.05) is 29.8 Å². The monoisotopic (exact) mass is 541 g/mol. The highest BCUT2D eigenvalue weighted by atomic mass is 19.1. The molecular weight excluding hydrogens is 517 g/mol. The maximum absolute atomic E-state index is 13.9. The molecule has 5 heterocycles. The number of hydrogen-bond acceptors (Lipinski definition) is 6. The number of fused-ring (bicyclic) bond motifs is 2. The fourth-order valence-corrected chi connectivity index (χ4v) is 5.05. The van der Waals surface area contributed by atoms with Crippen LogP contribution in [0.3, 0.4) is 0 Å². The predicted octanol–water partition coefficient (Wildman–Crippen LogP) is 6.34. The first-order valence-electron chi connectivity index (χ1n) is 13.1. The number of H-pyrrole nitrogens is 2. The number of pyridine rings is 3. The van der Waals surface area contributed by atoms with E-state index in [1.165, 1.54) is 12.1 Å². The second-order valence-electron chi connectivity index (χ2n) is 9.79. The van der Waals surface area contributed by atoms with Crippen LogP contribution in [0.5, 0.6) is 0 Å². The number of aromatic nitrogens is 6. The van der Waals surface area contributed by atoms with Crippen LogP contribution in [0.2, 0.25) is 0 Å². The van der Waals surface area contributed by atoms with Crippen LogP contribution in [0, 0.1) is 5.82 Å². The molecule has 5 aromatic heterocycles.